The number of benzene rings is 1. The van der Waals surface area contributed by atoms with Crippen molar-refractivity contribution in [3.8, 4) is 17.2 Å². The molecule has 8 nitrogen and oxygen atoms in total. The molecule has 2 heterocycles. The number of nitrogens with one attached hydrogen (secondary N) is 2. The average Bonchev–Trinajstić information content (AvgIpc) is 3.38. The highest BCUT2D eigenvalue weighted by Gasteiger charge is 2.27. The van der Waals surface area contributed by atoms with Crippen LogP contribution >= 0.6 is 11.3 Å². The summed E-state index contributed by atoms with van der Waals surface area (Å²) in [4.78, 5) is 29.4. The van der Waals surface area contributed by atoms with Crippen LogP contribution < -0.4 is 24.8 Å². The van der Waals surface area contributed by atoms with Gasteiger partial charge in [0.25, 0.3) is 5.91 Å². The van der Waals surface area contributed by atoms with Crippen LogP contribution in [0.3, 0.4) is 0 Å². The largest absolute Gasteiger partial charge is 0.493 e. The van der Waals surface area contributed by atoms with E-state index in [-0.39, 0.29) is 11.9 Å². The van der Waals surface area contributed by atoms with Crippen molar-refractivity contribution in [1.82, 2.24) is 15.5 Å². The molecule has 34 heavy (non-hydrogen) atoms. The second kappa shape index (κ2) is 12.1. The third kappa shape index (κ3) is 6.21. The predicted molar refractivity (Wildman–Crippen MR) is 133 cm³/mol. The molecule has 1 aliphatic heterocycles. The van der Waals surface area contributed by atoms with Crippen LogP contribution in [0.1, 0.15) is 48.0 Å². The fourth-order valence-electron chi connectivity index (χ4n) is 4.14. The van der Waals surface area contributed by atoms with E-state index in [9.17, 15) is 9.59 Å². The molecule has 1 aliphatic rings. The van der Waals surface area contributed by atoms with Gasteiger partial charge in [-0.05, 0) is 62.4 Å². The van der Waals surface area contributed by atoms with E-state index >= 15 is 0 Å². The monoisotopic (exact) mass is 489 g/mol. The van der Waals surface area contributed by atoms with E-state index in [1.165, 1.54) is 26.2 Å². The highest BCUT2D eigenvalue weighted by Crippen LogP contribution is 2.38. The van der Waals surface area contributed by atoms with E-state index in [1.54, 1.807) is 30.4 Å². The van der Waals surface area contributed by atoms with E-state index in [1.807, 2.05) is 6.07 Å². The minimum atomic E-state index is -0.711. The molecule has 0 spiro atoms. The second-order valence-corrected chi connectivity index (χ2v) is 9.58. The van der Waals surface area contributed by atoms with Gasteiger partial charge in [-0.2, -0.15) is 0 Å². The zero-order valence-electron chi connectivity index (χ0n) is 20.6. The Bertz CT molecular complexity index is 932. The van der Waals surface area contributed by atoms with Crippen molar-refractivity contribution >= 4 is 23.2 Å². The Morgan fingerprint density at radius 1 is 1.12 bits per heavy atom. The lowest BCUT2D eigenvalue weighted by Crippen LogP contribution is -2.48. The first kappa shape index (κ1) is 25.8. The lowest BCUT2D eigenvalue weighted by Gasteiger charge is -2.36. The van der Waals surface area contributed by atoms with Crippen LogP contribution in [-0.4, -0.2) is 63.7 Å². The highest BCUT2D eigenvalue weighted by molar-refractivity contribution is 7.10. The molecule has 2 unspecified atom stereocenters. The molecule has 3 rings (SSSR count). The van der Waals surface area contributed by atoms with Gasteiger partial charge in [0.2, 0.25) is 11.7 Å². The minimum absolute atomic E-state index is 0.134. The summed E-state index contributed by atoms with van der Waals surface area (Å²) in [5.74, 6) is 1.26. The van der Waals surface area contributed by atoms with Crippen molar-refractivity contribution in [2.75, 3.05) is 41.0 Å². The van der Waals surface area contributed by atoms with Crippen LogP contribution in [0.4, 0.5) is 0 Å². The van der Waals surface area contributed by atoms with Crippen molar-refractivity contribution in [3.63, 3.8) is 0 Å². The molecule has 1 saturated heterocycles. The Hall–Kier alpha value is -2.78. The topological polar surface area (TPSA) is 89.1 Å². The van der Waals surface area contributed by atoms with Crippen LogP contribution in [0, 0.1) is 5.92 Å². The minimum Gasteiger partial charge on any atom is -0.493 e. The molecule has 1 fully saturated rings. The number of carbonyl (C=O) groups excluding carboxylic acids is 2. The van der Waals surface area contributed by atoms with E-state index in [2.05, 4.69) is 33.9 Å². The van der Waals surface area contributed by atoms with Crippen molar-refractivity contribution in [2.24, 2.45) is 5.92 Å². The number of piperidine rings is 1. The van der Waals surface area contributed by atoms with Gasteiger partial charge in [0.15, 0.2) is 11.5 Å². The van der Waals surface area contributed by atoms with Gasteiger partial charge in [-0.3, -0.25) is 14.5 Å². The number of carbonyl (C=O) groups is 2. The molecular formula is C25H35N3O5S. The molecule has 0 bridgehead atoms. The summed E-state index contributed by atoms with van der Waals surface area (Å²) in [7, 11) is 4.48. The number of likely N-dealkylation sites (tertiary alicyclic amines) is 1. The van der Waals surface area contributed by atoms with E-state index in [0.29, 0.717) is 29.4 Å². The summed E-state index contributed by atoms with van der Waals surface area (Å²) in [5, 5.41) is 7.87. The molecule has 1 aromatic heterocycles. The van der Waals surface area contributed by atoms with Crippen LogP contribution in [0.2, 0.25) is 0 Å². The molecule has 0 saturated carbocycles. The Balaban J connectivity index is 1.63. The van der Waals surface area contributed by atoms with Crippen molar-refractivity contribution in [3.05, 3.63) is 40.1 Å². The van der Waals surface area contributed by atoms with Crippen LogP contribution in [0.25, 0.3) is 0 Å². The Labute approximate surface area is 205 Å². The third-order valence-corrected chi connectivity index (χ3v) is 7.24. The number of methoxy groups -OCH3 is 3. The van der Waals surface area contributed by atoms with Gasteiger partial charge < -0.3 is 24.8 Å². The van der Waals surface area contributed by atoms with Gasteiger partial charge in [0.05, 0.1) is 27.4 Å². The fraction of sp³-hybridized carbons (Fsp3) is 0.520. The Morgan fingerprint density at radius 2 is 1.76 bits per heavy atom. The second-order valence-electron chi connectivity index (χ2n) is 8.60. The smallest absolute Gasteiger partial charge is 0.252 e. The number of ether oxygens (including phenoxy) is 3. The molecule has 186 valence electrons. The zero-order valence-corrected chi connectivity index (χ0v) is 21.4. The number of hydrogen-bond acceptors (Lipinski definition) is 7. The number of rotatable bonds is 10. The molecule has 9 heteroatoms. The number of thiophene rings is 1. The maximum atomic E-state index is 12.9. The van der Waals surface area contributed by atoms with Gasteiger partial charge in [0, 0.05) is 17.0 Å². The lowest BCUT2D eigenvalue weighted by atomic mass is 9.97. The predicted octanol–water partition coefficient (Wildman–Crippen LogP) is 3.48. The summed E-state index contributed by atoms with van der Waals surface area (Å²) in [6, 6.07) is 6.71. The molecule has 0 radical (unpaired) electrons. The standard InChI is InChI=1S/C25H35N3O5S/c1-16-8-10-28(11-9-16)19(22-7-6-12-34-22)15-26-24(29)17(2)27-25(30)18-13-20(31-3)23(33-5)21(14-18)32-4/h6-7,12-14,16-17,19H,8-11,15H2,1-5H3,(H,26,29)(H,27,30). The molecule has 2 amide bonds. The molecular weight excluding hydrogens is 454 g/mol. The molecule has 2 atom stereocenters. The maximum absolute atomic E-state index is 12.9. The first-order valence-corrected chi connectivity index (χ1v) is 12.4. The maximum Gasteiger partial charge on any atom is 0.252 e. The highest BCUT2D eigenvalue weighted by atomic mass is 32.1. The van der Waals surface area contributed by atoms with Gasteiger partial charge in [-0.1, -0.05) is 13.0 Å². The number of hydrogen-bond donors (Lipinski definition) is 2. The Kier molecular flexibility index (Phi) is 9.18. The van der Waals surface area contributed by atoms with E-state index in [4.69, 9.17) is 14.2 Å². The first-order valence-electron chi connectivity index (χ1n) is 11.5. The zero-order chi connectivity index (χ0) is 24.7. The summed E-state index contributed by atoms with van der Waals surface area (Å²) >= 11 is 1.71. The fourth-order valence-corrected chi connectivity index (χ4v) is 5.00. The third-order valence-electron chi connectivity index (χ3n) is 6.27. The van der Waals surface area contributed by atoms with Crippen LogP contribution in [-0.2, 0) is 4.79 Å². The lowest BCUT2D eigenvalue weighted by molar-refractivity contribution is -0.122. The van der Waals surface area contributed by atoms with Gasteiger partial charge in [-0.25, -0.2) is 0 Å². The van der Waals surface area contributed by atoms with Crippen LogP contribution in [0.15, 0.2) is 29.6 Å². The van der Waals surface area contributed by atoms with Crippen molar-refractivity contribution in [1.29, 1.82) is 0 Å². The molecule has 0 aliphatic carbocycles. The summed E-state index contributed by atoms with van der Waals surface area (Å²) in [5.41, 5.74) is 0.313. The van der Waals surface area contributed by atoms with Gasteiger partial charge >= 0.3 is 0 Å². The molecule has 2 aromatic rings. The summed E-state index contributed by atoms with van der Waals surface area (Å²) < 4.78 is 15.9. The van der Waals surface area contributed by atoms with Crippen molar-refractivity contribution in [2.45, 2.75) is 38.8 Å². The van der Waals surface area contributed by atoms with E-state index < -0.39 is 11.9 Å². The van der Waals surface area contributed by atoms with E-state index in [0.717, 1.165) is 31.8 Å². The van der Waals surface area contributed by atoms with Gasteiger partial charge in [-0.15, -0.1) is 11.3 Å². The Morgan fingerprint density at radius 3 is 2.29 bits per heavy atom. The normalized spacial score (nSPS) is 16.4. The van der Waals surface area contributed by atoms with Gasteiger partial charge in [0.1, 0.15) is 6.04 Å². The summed E-state index contributed by atoms with van der Waals surface area (Å²) in [6.07, 6.45) is 2.33. The van der Waals surface area contributed by atoms with Crippen LogP contribution in [0.5, 0.6) is 17.2 Å². The quantitative estimate of drug-likeness (QED) is 0.531. The van der Waals surface area contributed by atoms with Crippen molar-refractivity contribution < 1.29 is 23.8 Å². The molecule has 2 N–H and O–H groups in total. The molecule has 1 aromatic carbocycles. The summed E-state index contributed by atoms with van der Waals surface area (Å²) in [6.45, 7) is 6.50. The number of nitrogens with zero attached hydrogens (tertiary/aromatic N) is 1. The number of amides is 2. The SMILES string of the molecule is COc1cc(C(=O)NC(C)C(=O)NCC(c2cccs2)N2CCC(C)CC2)cc(OC)c1OC. The first-order chi connectivity index (χ1) is 16.4. The average molecular weight is 490 g/mol.